The largest absolute Gasteiger partial charge is 0.456 e. The van der Waals surface area contributed by atoms with E-state index >= 15 is 0 Å². The van der Waals surface area contributed by atoms with E-state index in [1.54, 1.807) is 0 Å². The molecular formula is C16H14O. The first-order chi connectivity index (χ1) is 8.36. The topological polar surface area (TPSA) is 13.1 Å². The molecule has 17 heavy (non-hydrogen) atoms. The van der Waals surface area contributed by atoms with Crippen LogP contribution in [0.3, 0.4) is 0 Å². The molecule has 0 aliphatic rings. The summed E-state index contributed by atoms with van der Waals surface area (Å²) in [4.78, 5) is 0. The van der Waals surface area contributed by atoms with Gasteiger partial charge in [-0.3, -0.25) is 0 Å². The Morgan fingerprint density at radius 2 is 1.71 bits per heavy atom. The van der Waals surface area contributed by atoms with Crippen molar-refractivity contribution in [2.24, 2.45) is 0 Å². The van der Waals surface area contributed by atoms with E-state index in [1.807, 2.05) is 18.2 Å². The van der Waals surface area contributed by atoms with Crippen molar-refractivity contribution < 1.29 is 4.42 Å². The molecule has 3 aromatic rings. The molecule has 0 spiro atoms. The summed E-state index contributed by atoms with van der Waals surface area (Å²) in [5.74, 6) is 0.939. The van der Waals surface area contributed by atoms with Crippen LogP contribution in [0.25, 0.3) is 22.3 Å². The Bertz CT molecular complexity index is 599. The Morgan fingerprint density at radius 3 is 2.41 bits per heavy atom. The van der Waals surface area contributed by atoms with Gasteiger partial charge in [0, 0.05) is 10.9 Å². The standard InChI is InChI=1S/C16H14O/c1-2-12-7-9-13(10-8-12)16-11-14-5-3-4-6-15(14)17-16/h3-11H,2H2,1H3. The van der Waals surface area contributed by atoms with Crippen molar-refractivity contribution in [2.75, 3.05) is 0 Å². The van der Waals surface area contributed by atoms with Gasteiger partial charge in [0.15, 0.2) is 0 Å². The van der Waals surface area contributed by atoms with E-state index < -0.39 is 0 Å². The molecule has 0 saturated carbocycles. The molecule has 0 saturated heterocycles. The van der Waals surface area contributed by atoms with E-state index in [4.69, 9.17) is 4.42 Å². The lowest BCUT2D eigenvalue weighted by molar-refractivity contribution is 0.631. The van der Waals surface area contributed by atoms with Gasteiger partial charge in [0.1, 0.15) is 11.3 Å². The normalized spacial score (nSPS) is 10.9. The molecule has 0 fully saturated rings. The minimum atomic E-state index is 0.939. The molecule has 0 amide bonds. The van der Waals surface area contributed by atoms with Crippen molar-refractivity contribution in [3.63, 3.8) is 0 Å². The molecule has 1 nitrogen and oxygen atoms in total. The van der Waals surface area contributed by atoms with Crippen molar-refractivity contribution in [2.45, 2.75) is 13.3 Å². The maximum atomic E-state index is 5.83. The van der Waals surface area contributed by atoms with E-state index in [9.17, 15) is 0 Å². The fraction of sp³-hybridized carbons (Fsp3) is 0.125. The highest BCUT2D eigenvalue weighted by molar-refractivity contribution is 5.82. The highest BCUT2D eigenvalue weighted by atomic mass is 16.3. The van der Waals surface area contributed by atoms with Crippen LogP contribution < -0.4 is 0 Å². The van der Waals surface area contributed by atoms with Crippen LogP contribution in [0, 0.1) is 0 Å². The number of aryl methyl sites for hydroxylation is 1. The Morgan fingerprint density at radius 1 is 0.941 bits per heavy atom. The summed E-state index contributed by atoms with van der Waals surface area (Å²) in [6, 6.07) is 18.7. The monoisotopic (exact) mass is 222 g/mol. The van der Waals surface area contributed by atoms with Gasteiger partial charge in [0.25, 0.3) is 0 Å². The first-order valence-corrected chi connectivity index (χ1v) is 5.94. The fourth-order valence-electron chi connectivity index (χ4n) is 2.03. The van der Waals surface area contributed by atoms with Crippen molar-refractivity contribution >= 4 is 11.0 Å². The third kappa shape index (κ3) is 1.84. The van der Waals surface area contributed by atoms with Crippen LogP contribution in [0.1, 0.15) is 12.5 Å². The third-order valence-electron chi connectivity index (χ3n) is 3.07. The summed E-state index contributed by atoms with van der Waals surface area (Å²) in [5, 5.41) is 1.15. The Hall–Kier alpha value is -2.02. The lowest BCUT2D eigenvalue weighted by Crippen LogP contribution is -1.79. The Balaban J connectivity index is 2.07. The summed E-state index contributed by atoms with van der Waals surface area (Å²) in [7, 11) is 0. The van der Waals surface area contributed by atoms with Gasteiger partial charge in [0.2, 0.25) is 0 Å². The van der Waals surface area contributed by atoms with Gasteiger partial charge < -0.3 is 4.42 Å². The molecule has 0 unspecified atom stereocenters. The number of hydrogen-bond acceptors (Lipinski definition) is 1. The van der Waals surface area contributed by atoms with Gasteiger partial charge in [-0.15, -0.1) is 0 Å². The summed E-state index contributed by atoms with van der Waals surface area (Å²) >= 11 is 0. The molecule has 0 aliphatic carbocycles. The summed E-state index contributed by atoms with van der Waals surface area (Å²) in [6.07, 6.45) is 1.07. The molecule has 0 aliphatic heterocycles. The van der Waals surface area contributed by atoms with Gasteiger partial charge in [0.05, 0.1) is 0 Å². The highest BCUT2D eigenvalue weighted by Gasteiger charge is 2.04. The number of hydrogen-bond donors (Lipinski definition) is 0. The predicted molar refractivity (Wildman–Crippen MR) is 71.0 cm³/mol. The van der Waals surface area contributed by atoms with E-state index in [0.29, 0.717) is 0 Å². The molecular weight excluding hydrogens is 208 g/mol. The van der Waals surface area contributed by atoms with Crippen LogP contribution in [0.4, 0.5) is 0 Å². The number of rotatable bonds is 2. The van der Waals surface area contributed by atoms with Crippen LogP contribution in [0.15, 0.2) is 59.0 Å². The van der Waals surface area contributed by atoms with Crippen molar-refractivity contribution in [3.8, 4) is 11.3 Å². The second-order valence-corrected chi connectivity index (χ2v) is 4.20. The lowest BCUT2D eigenvalue weighted by atomic mass is 10.1. The number of fused-ring (bicyclic) bond motifs is 1. The number of benzene rings is 2. The molecule has 0 radical (unpaired) electrons. The van der Waals surface area contributed by atoms with Gasteiger partial charge in [-0.25, -0.2) is 0 Å². The van der Waals surface area contributed by atoms with Crippen LogP contribution in [0.2, 0.25) is 0 Å². The second-order valence-electron chi connectivity index (χ2n) is 4.20. The van der Waals surface area contributed by atoms with Crippen molar-refractivity contribution in [3.05, 3.63) is 60.2 Å². The predicted octanol–water partition coefficient (Wildman–Crippen LogP) is 4.66. The zero-order chi connectivity index (χ0) is 11.7. The summed E-state index contributed by atoms with van der Waals surface area (Å²) in [6.45, 7) is 2.16. The number of para-hydroxylation sites is 1. The zero-order valence-electron chi connectivity index (χ0n) is 9.81. The number of furan rings is 1. The fourth-order valence-corrected chi connectivity index (χ4v) is 2.03. The van der Waals surface area contributed by atoms with E-state index in [-0.39, 0.29) is 0 Å². The van der Waals surface area contributed by atoms with Crippen LogP contribution in [-0.2, 0) is 6.42 Å². The van der Waals surface area contributed by atoms with E-state index in [1.165, 1.54) is 5.56 Å². The average molecular weight is 222 g/mol. The molecule has 2 aromatic carbocycles. The molecule has 1 aromatic heterocycles. The maximum absolute atomic E-state index is 5.83. The van der Waals surface area contributed by atoms with Gasteiger partial charge in [-0.1, -0.05) is 49.4 Å². The van der Waals surface area contributed by atoms with Crippen molar-refractivity contribution in [1.82, 2.24) is 0 Å². The third-order valence-corrected chi connectivity index (χ3v) is 3.07. The molecule has 0 bridgehead atoms. The minimum absolute atomic E-state index is 0.939. The first kappa shape index (κ1) is 10.2. The van der Waals surface area contributed by atoms with Crippen LogP contribution in [-0.4, -0.2) is 0 Å². The maximum Gasteiger partial charge on any atom is 0.135 e. The average Bonchev–Trinajstić information content (AvgIpc) is 2.82. The molecule has 3 rings (SSSR count). The minimum Gasteiger partial charge on any atom is -0.456 e. The van der Waals surface area contributed by atoms with Gasteiger partial charge in [-0.05, 0) is 24.1 Å². The lowest BCUT2D eigenvalue weighted by Gasteiger charge is -1.98. The molecule has 84 valence electrons. The Labute approximate surface area is 101 Å². The Kier molecular flexibility index (Phi) is 2.45. The van der Waals surface area contributed by atoms with Crippen LogP contribution >= 0.6 is 0 Å². The highest BCUT2D eigenvalue weighted by Crippen LogP contribution is 2.27. The van der Waals surface area contributed by atoms with Crippen LogP contribution in [0.5, 0.6) is 0 Å². The second kappa shape index (κ2) is 4.10. The quantitative estimate of drug-likeness (QED) is 0.614. The van der Waals surface area contributed by atoms with Crippen molar-refractivity contribution in [1.29, 1.82) is 0 Å². The summed E-state index contributed by atoms with van der Waals surface area (Å²) < 4.78 is 5.83. The van der Waals surface area contributed by atoms with E-state index in [2.05, 4.69) is 43.3 Å². The van der Waals surface area contributed by atoms with Gasteiger partial charge >= 0.3 is 0 Å². The SMILES string of the molecule is CCc1ccc(-c2cc3ccccc3o2)cc1. The van der Waals surface area contributed by atoms with E-state index in [0.717, 1.165) is 28.7 Å². The summed E-state index contributed by atoms with van der Waals surface area (Å²) in [5.41, 5.74) is 3.44. The first-order valence-electron chi connectivity index (χ1n) is 5.94. The molecule has 1 heterocycles. The van der Waals surface area contributed by atoms with Gasteiger partial charge in [-0.2, -0.15) is 0 Å². The molecule has 0 atom stereocenters. The molecule has 0 N–H and O–H groups in total. The molecule has 1 heteroatoms. The smallest absolute Gasteiger partial charge is 0.135 e. The zero-order valence-corrected chi connectivity index (χ0v) is 9.81.